The Morgan fingerprint density at radius 3 is 2.73 bits per heavy atom. The molecule has 118 valence electrons. The van der Waals surface area contributed by atoms with Crippen LogP contribution in [0.2, 0.25) is 0 Å². The van der Waals surface area contributed by atoms with Crippen LogP contribution in [0.3, 0.4) is 0 Å². The molecule has 4 rings (SSSR count). The van der Waals surface area contributed by atoms with Crippen LogP contribution >= 0.6 is 11.9 Å². The number of fused-ring (bicyclic) bond motifs is 1. The minimum absolute atomic E-state index is 0.682. The van der Waals surface area contributed by atoms with Crippen molar-refractivity contribution in [3.63, 3.8) is 0 Å². The lowest BCUT2D eigenvalue weighted by molar-refractivity contribution is 0.534. The molecule has 0 amide bonds. The van der Waals surface area contributed by atoms with Gasteiger partial charge in [-0.15, -0.1) is 0 Å². The Morgan fingerprint density at radius 1 is 1.23 bits per heavy atom. The average Bonchev–Trinajstić information content (AvgIpc) is 3.38. The highest BCUT2D eigenvalue weighted by molar-refractivity contribution is 7.98. The molecule has 1 aromatic heterocycles. The third kappa shape index (κ3) is 3.21. The first kappa shape index (κ1) is 14.6. The third-order valence-electron chi connectivity index (χ3n) is 4.64. The van der Waals surface area contributed by atoms with Gasteiger partial charge in [-0.1, -0.05) is 37.9 Å². The first-order valence-electron chi connectivity index (χ1n) is 8.71. The molecule has 0 atom stereocenters. The van der Waals surface area contributed by atoms with Crippen LogP contribution in [-0.4, -0.2) is 9.82 Å². The monoisotopic (exact) mass is 314 g/mol. The van der Waals surface area contributed by atoms with Crippen LogP contribution in [0.1, 0.15) is 56.6 Å². The summed E-state index contributed by atoms with van der Waals surface area (Å²) in [6.07, 6.45) is 7.91. The maximum atomic E-state index is 3.58. The minimum Gasteiger partial charge on any atom is -0.347 e. The molecule has 2 aromatic rings. The number of hydrogen-bond donors (Lipinski definition) is 1. The molecule has 0 aliphatic heterocycles. The quantitative estimate of drug-likeness (QED) is 0.718. The van der Waals surface area contributed by atoms with E-state index in [4.69, 9.17) is 0 Å². The van der Waals surface area contributed by atoms with E-state index in [0.29, 0.717) is 5.92 Å². The number of aromatic nitrogens is 1. The van der Waals surface area contributed by atoms with Crippen LogP contribution in [0.25, 0.3) is 10.9 Å². The molecule has 1 N–H and O–H groups in total. The Labute approximate surface area is 137 Å². The van der Waals surface area contributed by atoms with Gasteiger partial charge in [0.2, 0.25) is 0 Å². The molecule has 2 aliphatic carbocycles. The van der Waals surface area contributed by atoms with E-state index in [1.807, 2.05) is 11.9 Å². The first-order chi connectivity index (χ1) is 10.7. The Hall–Kier alpha value is -0.930. The summed E-state index contributed by atoms with van der Waals surface area (Å²) in [5, 5.41) is 2.31. The van der Waals surface area contributed by atoms with Crippen molar-refractivity contribution in [2.24, 2.45) is 5.92 Å². The maximum Gasteiger partial charge on any atom is 0.0486 e. The van der Waals surface area contributed by atoms with Gasteiger partial charge in [0, 0.05) is 35.4 Å². The van der Waals surface area contributed by atoms with Crippen molar-refractivity contribution in [1.29, 1.82) is 0 Å². The number of rotatable bonds is 7. The van der Waals surface area contributed by atoms with Gasteiger partial charge in [0.05, 0.1) is 0 Å². The standard InChI is InChI=1S/C19H26N2S/c1-13(2)11-21-12-16(10-20-22-17-6-7-17)18-8-5-15(9-19(18)21)14-3-4-14/h5,8-9,12-14,17,20H,3-4,6-7,10-11H2,1-2H3. The maximum absolute atomic E-state index is 3.58. The minimum atomic E-state index is 0.682. The molecule has 2 aliphatic rings. The highest BCUT2D eigenvalue weighted by Gasteiger charge is 2.24. The predicted octanol–water partition coefficient (Wildman–Crippen LogP) is 5.07. The Kier molecular flexibility index (Phi) is 3.95. The zero-order valence-corrected chi connectivity index (χ0v) is 14.5. The van der Waals surface area contributed by atoms with Crippen molar-refractivity contribution in [2.45, 2.75) is 63.8 Å². The van der Waals surface area contributed by atoms with E-state index in [-0.39, 0.29) is 0 Å². The van der Waals surface area contributed by atoms with Gasteiger partial charge < -0.3 is 4.57 Å². The van der Waals surface area contributed by atoms with Gasteiger partial charge >= 0.3 is 0 Å². The predicted molar refractivity (Wildman–Crippen MR) is 96.2 cm³/mol. The second-order valence-corrected chi connectivity index (χ2v) is 8.58. The SMILES string of the molecule is CC(C)Cn1cc(CNSC2CC2)c2ccc(C3CC3)cc21. The van der Waals surface area contributed by atoms with Crippen molar-refractivity contribution in [3.05, 3.63) is 35.5 Å². The lowest BCUT2D eigenvalue weighted by Gasteiger charge is -2.09. The molecular formula is C19H26N2S. The number of benzene rings is 1. The summed E-state index contributed by atoms with van der Waals surface area (Å²) >= 11 is 1.93. The summed E-state index contributed by atoms with van der Waals surface area (Å²) in [6.45, 7) is 6.70. The second-order valence-electron chi connectivity index (χ2n) is 7.39. The van der Waals surface area contributed by atoms with E-state index in [1.165, 1.54) is 42.1 Å². The van der Waals surface area contributed by atoms with Gasteiger partial charge in [0.1, 0.15) is 0 Å². The van der Waals surface area contributed by atoms with Gasteiger partial charge in [0.25, 0.3) is 0 Å². The summed E-state index contributed by atoms with van der Waals surface area (Å²) in [6, 6.07) is 7.17. The summed E-state index contributed by atoms with van der Waals surface area (Å²) in [4.78, 5) is 0. The molecule has 1 aromatic carbocycles. The van der Waals surface area contributed by atoms with Crippen molar-refractivity contribution in [2.75, 3.05) is 0 Å². The number of hydrogen-bond acceptors (Lipinski definition) is 2. The van der Waals surface area contributed by atoms with Gasteiger partial charge in [-0.2, -0.15) is 0 Å². The van der Waals surface area contributed by atoms with Crippen LogP contribution in [0, 0.1) is 5.92 Å². The van der Waals surface area contributed by atoms with E-state index in [9.17, 15) is 0 Å². The molecule has 0 saturated heterocycles. The van der Waals surface area contributed by atoms with Crippen LogP contribution in [0.15, 0.2) is 24.4 Å². The smallest absolute Gasteiger partial charge is 0.0486 e. The first-order valence-corrected chi connectivity index (χ1v) is 9.59. The molecule has 1 heterocycles. The lowest BCUT2D eigenvalue weighted by Crippen LogP contribution is -2.05. The van der Waals surface area contributed by atoms with Gasteiger partial charge in [0.15, 0.2) is 0 Å². The van der Waals surface area contributed by atoms with E-state index in [1.54, 1.807) is 5.56 Å². The van der Waals surface area contributed by atoms with Gasteiger partial charge in [-0.3, -0.25) is 4.72 Å². The summed E-state index contributed by atoms with van der Waals surface area (Å²) in [7, 11) is 0. The van der Waals surface area contributed by atoms with Gasteiger partial charge in [-0.25, -0.2) is 0 Å². The van der Waals surface area contributed by atoms with E-state index >= 15 is 0 Å². The third-order valence-corrected chi connectivity index (χ3v) is 5.75. The van der Waals surface area contributed by atoms with Crippen molar-refractivity contribution < 1.29 is 0 Å². The van der Waals surface area contributed by atoms with Crippen LogP contribution < -0.4 is 4.72 Å². The molecule has 0 radical (unpaired) electrons. The fourth-order valence-corrected chi connectivity index (χ4v) is 4.01. The largest absolute Gasteiger partial charge is 0.347 e. The number of nitrogens with zero attached hydrogens (tertiary/aromatic N) is 1. The average molecular weight is 314 g/mol. The fourth-order valence-electron chi connectivity index (χ4n) is 3.16. The molecule has 0 unspecified atom stereocenters. The summed E-state index contributed by atoms with van der Waals surface area (Å²) < 4.78 is 6.05. The molecule has 2 nitrogen and oxygen atoms in total. The highest BCUT2D eigenvalue weighted by atomic mass is 32.2. The van der Waals surface area contributed by atoms with Crippen molar-refractivity contribution >= 4 is 22.9 Å². The molecule has 0 spiro atoms. The Bertz CT molecular complexity index is 665. The van der Waals surface area contributed by atoms with Crippen LogP contribution in [0.4, 0.5) is 0 Å². The van der Waals surface area contributed by atoms with Crippen LogP contribution in [-0.2, 0) is 13.1 Å². The zero-order chi connectivity index (χ0) is 15.1. The van der Waals surface area contributed by atoms with E-state index < -0.39 is 0 Å². The topological polar surface area (TPSA) is 17.0 Å². The highest BCUT2D eigenvalue weighted by Crippen LogP contribution is 2.41. The lowest BCUT2D eigenvalue weighted by atomic mass is 10.1. The van der Waals surface area contributed by atoms with Crippen molar-refractivity contribution in [1.82, 2.24) is 9.29 Å². The molecular weight excluding hydrogens is 288 g/mol. The Balaban J connectivity index is 1.62. The fraction of sp³-hybridized carbons (Fsp3) is 0.579. The molecule has 0 bridgehead atoms. The normalized spacial score (nSPS) is 18.5. The van der Waals surface area contributed by atoms with E-state index in [0.717, 1.165) is 24.3 Å². The molecule has 3 heteroatoms. The molecule has 2 saturated carbocycles. The van der Waals surface area contributed by atoms with E-state index in [2.05, 4.69) is 47.5 Å². The zero-order valence-electron chi connectivity index (χ0n) is 13.6. The summed E-state index contributed by atoms with van der Waals surface area (Å²) in [5.41, 5.74) is 4.43. The molecule has 22 heavy (non-hydrogen) atoms. The van der Waals surface area contributed by atoms with Crippen LogP contribution in [0.5, 0.6) is 0 Å². The molecule has 2 fully saturated rings. The Morgan fingerprint density at radius 2 is 2.05 bits per heavy atom. The van der Waals surface area contributed by atoms with Crippen molar-refractivity contribution in [3.8, 4) is 0 Å². The number of nitrogens with one attached hydrogen (secondary N) is 1. The summed E-state index contributed by atoms with van der Waals surface area (Å²) in [5.74, 6) is 1.51. The van der Waals surface area contributed by atoms with Gasteiger partial charge in [-0.05, 0) is 54.7 Å². The second kappa shape index (κ2) is 5.93.